The number of nitrogens with one attached hydrogen (secondary N) is 1. The van der Waals surface area contributed by atoms with E-state index in [-0.39, 0.29) is 12.3 Å². The van der Waals surface area contributed by atoms with Crippen LogP contribution >= 0.6 is 0 Å². The lowest BCUT2D eigenvalue weighted by Gasteiger charge is -2.13. The van der Waals surface area contributed by atoms with Crippen LogP contribution in [0.15, 0.2) is 24.3 Å². The van der Waals surface area contributed by atoms with Crippen LogP contribution < -0.4 is 14.8 Å². The average Bonchev–Trinajstić information content (AvgIpc) is 3.26. The van der Waals surface area contributed by atoms with Gasteiger partial charge in [-0.15, -0.1) is 0 Å². The molecule has 0 atom stereocenters. The van der Waals surface area contributed by atoms with E-state index in [9.17, 15) is 9.59 Å². The van der Waals surface area contributed by atoms with Crippen LogP contribution in [0.2, 0.25) is 0 Å². The number of ether oxygens (including phenoxy) is 2. The van der Waals surface area contributed by atoms with Crippen LogP contribution in [-0.2, 0) is 9.59 Å². The zero-order valence-electron chi connectivity index (χ0n) is 12.6. The van der Waals surface area contributed by atoms with Gasteiger partial charge in [0, 0.05) is 6.42 Å². The largest absolute Gasteiger partial charge is 0.490 e. The van der Waals surface area contributed by atoms with E-state index in [4.69, 9.17) is 14.6 Å². The Labute approximate surface area is 129 Å². The highest BCUT2D eigenvalue weighted by Crippen LogP contribution is 2.35. The fourth-order valence-electron chi connectivity index (χ4n) is 2.11. The molecule has 0 bridgehead atoms. The summed E-state index contributed by atoms with van der Waals surface area (Å²) >= 11 is 0. The Kier molecular flexibility index (Phi) is 5.25. The van der Waals surface area contributed by atoms with Crippen molar-refractivity contribution in [3.63, 3.8) is 0 Å². The number of amides is 1. The van der Waals surface area contributed by atoms with E-state index in [1.165, 1.54) is 0 Å². The Hall–Kier alpha value is -2.24. The van der Waals surface area contributed by atoms with Gasteiger partial charge in [-0.25, -0.2) is 4.79 Å². The first-order chi connectivity index (χ1) is 10.6. The van der Waals surface area contributed by atoms with E-state index in [1.54, 1.807) is 0 Å². The van der Waals surface area contributed by atoms with Crippen LogP contribution in [0.4, 0.5) is 0 Å². The number of hydrogen-bond acceptors (Lipinski definition) is 4. The highest BCUT2D eigenvalue weighted by Gasteiger charge is 2.51. The molecule has 120 valence electrons. The third-order valence-electron chi connectivity index (χ3n) is 3.49. The van der Waals surface area contributed by atoms with Gasteiger partial charge in [-0.05, 0) is 38.3 Å². The molecular weight excluding hydrogens is 286 g/mol. The maximum atomic E-state index is 11.7. The van der Waals surface area contributed by atoms with Crippen molar-refractivity contribution >= 4 is 11.9 Å². The number of aliphatic carboxylic acids is 1. The highest BCUT2D eigenvalue weighted by molar-refractivity contribution is 5.89. The van der Waals surface area contributed by atoms with E-state index < -0.39 is 11.5 Å². The third-order valence-corrected chi connectivity index (χ3v) is 3.49. The molecule has 1 saturated carbocycles. The van der Waals surface area contributed by atoms with Crippen molar-refractivity contribution in [2.24, 2.45) is 0 Å². The van der Waals surface area contributed by atoms with Gasteiger partial charge in [0.1, 0.15) is 5.54 Å². The average molecular weight is 307 g/mol. The predicted octanol–water partition coefficient (Wildman–Crippen LogP) is 1.98. The lowest BCUT2D eigenvalue weighted by atomic mass is 10.2. The smallest absolute Gasteiger partial charge is 0.329 e. The summed E-state index contributed by atoms with van der Waals surface area (Å²) in [5.74, 6) is 0.121. The SMILES string of the molecule is CCOc1ccccc1OCCCC(=O)NC1(C(=O)O)CC1. The molecule has 22 heavy (non-hydrogen) atoms. The van der Waals surface area contributed by atoms with Crippen LogP contribution in [-0.4, -0.2) is 35.7 Å². The Morgan fingerprint density at radius 3 is 2.41 bits per heavy atom. The molecule has 0 unspecified atom stereocenters. The fraction of sp³-hybridized carbons (Fsp3) is 0.500. The third kappa shape index (κ3) is 4.13. The summed E-state index contributed by atoms with van der Waals surface area (Å²) in [4.78, 5) is 22.7. The standard InChI is InChI=1S/C16H21NO5/c1-2-21-12-6-3-4-7-13(12)22-11-5-8-14(18)17-16(9-10-16)15(19)20/h3-4,6-7H,2,5,8-11H2,1H3,(H,17,18)(H,19,20). The summed E-state index contributed by atoms with van der Waals surface area (Å²) < 4.78 is 11.1. The zero-order chi connectivity index (χ0) is 16.0. The molecule has 0 aliphatic heterocycles. The number of rotatable bonds is 9. The van der Waals surface area contributed by atoms with E-state index in [1.807, 2.05) is 31.2 Å². The van der Waals surface area contributed by atoms with Crippen LogP contribution in [0.25, 0.3) is 0 Å². The number of para-hydroxylation sites is 2. The van der Waals surface area contributed by atoms with E-state index in [2.05, 4.69) is 5.32 Å². The van der Waals surface area contributed by atoms with E-state index in [0.717, 1.165) is 0 Å². The number of carbonyl (C=O) groups excluding carboxylic acids is 1. The minimum absolute atomic E-state index is 0.242. The molecule has 1 amide bonds. The molecule has 1 aliphatic carbocycles. The second kappa shape index (κ2) is 7.15. The second-order valence-corrected chi connectivity index (χ2v) is 5.27. The molecule has 0 heterocycles. The van der Waals surface area contributed by atoms with Crippen molar-refractivity contribution < 1.29 is 24.2 Å². The first-order valence-electron chi connectivity index (χ1n) is 7.46. The molecule has 1 aliphatic rings. The van der Waals surface area contributed by atoms with Gasteiger partial charge in [0.2, 0.25) is 5.91 Å². The number of carboxylic acids is 1. The lowest BCUT2D eigenvalue weighted by molar-refractivity contribution is -0.143. The molecular formula is C16H21NO5. The minimum Gasteiger partial charge on any atom is -0.490 e. The molecule has 1 aromatic rings. The van der Waals surface area contributed by atoms with Crippen molar-refractivity contribution in [3.05, 3.63) is 24.3 Å². The summed E-state index contributed by atoms with van der Waals surface area (Å²) in [7, 11) is 0. The number of carboxylic acid groups (broad SMARTS) is 1. The van der Waals surface area contributed by atoms with Crippen molar-refractivity contribution in [2.45, 2.75) is 38.1 Å². The molecule has 0 spiro atoms. The summed E-state index contributed by atoms with van der Waals surface area (Å²) in [5, 5.41) is 11.6. The summed E-state index contributed by atoms with van der Waals surface area (Å²) in [5.41, 5.74) is -1.01. The van der Waals surface area contributed by atoms with Crippen molar-refractivity contribution in [3.8, 4) is 11.5 Å². The highest BCUT2D eigenvalue weighted by atomic mass is 16.5. The molecule has 2 rings (SSSR count). The summed E-state index contributed by atoms with van der Waals surface area (Å²) in [6, 6.07) is 7.37. The maximum absolute atomic E-state index is 11.7. The molecule has 6 nitrogen and oxygen atoms in total. The van der Waals surface area contributed by atoms with Gasteiger partial charge in [-0.1, -0.05) is 12.1 Å². The van der Waals surface area contributed by atoms with Crippen molar-refractivity contribution in [1.82, 2.24) is 5.32 Å². The van der Waals surface area contributed by atoms with Gasteiger partial charge < -0.3 is 19.9 Å². The van der Waals surface area contributed by atoms with Crippen LogP contribution in [0, 0.1) is 0 Å². The quantitative estimate of drug-likeness (QED) is 0.681. The number of benzene rings is 1. The van der Waals surface area contributed by atoms with Gasteiger partial charge >= 0.3 is 5.97 Å². The molecule has 1 aromatic carbocycles. The van der Waals surface area contributed by atoms with Gasteiger partial charge in [-0.2, -0.15) is 0 Å². The molecule has 1 fully saturated rings. The molecule has 2 N–H and O–H groups in total. The zero-order valence-corrected chi connectivity index (χ0v) is 12.6. The second-order valence-electron chi connectivity index (χ2n) is 5.27. The Morgan fingerprint density at radius 1 is 1.23 bits per heavy atom. The van der Waals surface area contributed by atoms with Gasteiger partial charge in [-0.3, -0.25) is 4.79 Å². The molecule has 0 aromatic heterocycles. The first kappa shape index (κ1) is 16.1. The minimum atomic E-state index is -1.01. The Balaban J connectivity index is 1.71. The summed E-state index contributed by atoms with van der Waals surface area (Å²) in [6.45, 7) is 2.83. The molecule has 6 heteroatoms. The van der Waals surface area contributed by atoms with Crippen molar-refractivity contribution in [2.75, 3.05) is 13.2 Å². The predicted molar refractivity (Wildman–Crippen MR) is 80.1 cm³/mol. The lowest BCUT2D eigenvalue weighted by Crippen LogP contribution is -2.43. The van der Waals surface area contributed by atoms with E-state index in [0.29, 0.717) is 44.0 Å². The molecule has 0 saturated heterocycles. The fourth-order valence-corrected chi connectivity index (χ4v) is 2.11. The van der Waals surface area contributed by atoms with Crippen molar-refractivity contribution in [1.29, 1.82) is 0 Å². The maximum Gasteiger partial charge on any atom is 0.329 e. The number of hydrogen-bond donors (Lipinski definition) is 2. The normalized spacial score (nSPS) is 15.0. The van der Waals surface area contributed by atoms with Gasteiger partial charge in [0.25, 0.3) is 0 Å². The Morgan fingerprint density at radius 2 is 1.86 bits per heavy atom. The summed E-state index contributed by atoms with van der Waals surface area (Å²) in [6.07, 6.45) is 1.77. The van der Waals surface area contributed by atoms with Gasteiger partial charge in [0.05, 0.1) is 13.2 Å². The topological polar surface area (TPSA) is 84.9 Å². The monoisotopic (exact) mass is 307 g/mol. The first-order valence-corrected chi connectivity index (χ1v) is 7.46. The van der Waals surface area contributed by atoms with Crippen LogP contribution in [0.3, 0.4) is 0 Å². The Bertz CT molecular complexity index is 539. The molecule has 0 radical (unpaired) electrons. The number of carbonyl (C=O) groups is 2. The van der Waals surface area contributed by atoms with Crippen LogP contribution in [0.1, 0.15) is 32.6 Å². The van der Waals surface area contributed by atoms with Crippen LogP contribution in [0.5, 0.6) is 11.5 Å². The van der Waals surface area contributed by atoms with E-state index >= 15 is 0 Å². The van der Waals surface area contributed by atoms with Gasteiger partial charge in [0.15, 0.2) is 11.5 Å².